The molecule has 0 aliphatic carbocycles. The average molecular weight is 459 g/mol. The van der Waals surface area contributed by atoms with Crippen LogP contribution in [-0.2, 0) is 9.59 Å². The number of nitrogens with zero attached hydrogens (tertiary/aromatic N) is 1. The summed E-state index contributed by atoms with van der Waals surface area (Å²) < 4.78 is 0. The molecule has 2 rings (SSSR count). The molecule has 0 aliphatic heterocycles. The molecule has 32 heavy (non-hydrogen) atoms. The van der Waals surface area contributed by atoms with Crippen molar-refractivity contribution in [1.29, 1.82) is 0 Å². The predicted molar refractivity (Wildman–Crippen MR) is 123 cm³/mol. The minimum absolute atomic E-state index is 0.0770. The van der Waals surface area contributed by atoms with Gasteiger partial charge < -0.3 is 21.3 Å². The van der Waals surface area contributed by atoms with Crippen molar-refractivity contribution < 1.29 is 19.2 Å². The molecule has 9 heteroatoms. The number of hydrogen-bond donors (Lipinski definition) is 3. The third-order valence-corrected chi connectivity index (χ3v) is 5.01. The van der Waals surface area contributed by atoms with E-state index < -0.39 is 5.91 Å². The van der Waals surface area contributed by atoms with Crippen LogP contribution in [0.15, 0.2) is 48.5 Å². The molecule has 0 radical (unpaired) electrons. The zero-order valence-corrected chi connectivity index (χ0v) is 18.7. The number of nitrogens with one attached hydrogen (secondary N) is 2. The largest absolute Gasteiger partial charge is 0.366 e. The average Bonchev–Trinajstić information content (AvgIpc) is 2.77. The second kappa shape index (κ2) is 12.5. The fraction of sp³-hybridized carbons (Fsp3) is 0.304. The van der Waals surface area contributed by atoms with Gasteiger partial charge in [-0.25, -0.2) is 0 Å². The molecule has 0 saturated carbocycles. The minimum atomic E-state index is -0.537. The highest BCUT2D eigenvalue weighted by Gasteiger charge is 2.14. The Balaban J connectivity index is 1.70. The van der Waals surface area contributed by atoms with E-state index in [1.165, 1.54) is 12.1 Å². The van der Waals surface area contributed by atoms with E-state index in [1.54, 1.807) is 41.3 Å². The predicted octanol–water partition coefficient (Wildman–Crippen LogP) is 2.83. The number of benzene rings is 2. The second-order valence-corrected chi connectivity index (χ2v) is 7.52. The number of primary amides is 1. The summed E-state index contributed by atoms with van der Waals surface area (Å²) in [7, 11) is 0. The quantitative estimate of drug-likeness (QED) is 0.448. The number of nitrogens with two attached hydrogens (primary N) is 1. The van der Waals surface area contributed by atoms with Crippen molar-refractivity contribution in [2.75, 3.05) is 25.0 Å². The van der Waals surface area contributed by atoms with Crippen LogP contribution in [0.25, 0.3) is 0 Å². The van der Waals surface area contributed by atoms with E-state index in [9.17, 15) is 19.2 Å². The summed E-state index contributed by atoms with van der Waals surface area (Å²) in [6, 6.07) is 12.8. The molecule has 0 saturated heterocycles. The maximum atomic E-state index is 12.4. The first-order valence-corrected chi connectivity index (χ1v) is 10.7. The molecule has 2 aromatic carbocycles. The number of halogens is 1. The third kappa shape index (κ3) is 8.03. The van der Waals surface area contributed by atoms with Gasteiger partial charge in [-0.15, -0.1) is 0 Å². The number of carbonyl (C=O) groups excluding carboxylic acids is 4. The summed E-state index contributed by atoms with van der Waals surface area (Å²) in [6.07, 6.45) is 0.905. The van der Waals surface area contributed by atoms with Crippen molar-refractivity contribution >= 4 is 40.9 Å². The lowest BCUT2D eigenvalue weighted by Crippen LogP contribution is -2.34. The lowest BCUT2D eigenvalue weighted by Gasteiger charge is -2.20. The van der Waals surface area contributed by atoms with Crippen LogP contribution in [-0.4, -0.2) is 48.2 Å². The zero-order chi connectivity index (χ0) is 23.5. The van der Waals surface area contributed by atoms with Crippen molar-refractivity contribution in [1.82, 2.24) is 10.2 Å². The summed E-state index contributed by atoms with van der Waals surface area (Å²) in [6.45, 7) is 2.99. The topological polar surface area (TPSA) is 122 Å². The van der Waals surface area contributed by atoms with Crippen molar-refractivity contribution in [2.45, 2.75) is 26.2 Å². The van der Waals surface area contributed by atoms with Crippen LogP contribution in [0, 0.1) is 0 Å². The molecule has 0 unspecified atom stereocenters. The van der Waals surface area contributed by atoms with E-state index in [0.717, 1.165) is 0 Å². The smallest absolute Gasteiger partial charge is 0.251 e. The zero-order valence-electron chi connectivity index (χ0n) is 17.9. The van der Waals surface area contributed by atoms with Gasteiger partial charge in [-0.2, -0.15) is 0 Å². The first kappa shape index (κ1) is 24.9. The minimum Gasteiger partial charge on any atom is -0.366 e. The maximum Gasteiger partial charge on any atom is 0.251 e. The Labute approximate surface area is 192 Å². The molecular formula is C23H27ClN4O4. The SMILES string of the molecule is CCN(CCC(=O)Nc1ccc(C(N)=O)cc1)C(=O)CCCNC(=O)c1ccc(Cl)cc1. The molecular weight excluding hydrogens is 432 g/mol. The van der Waals surface area contributed by atoms with Gasteiger partial charge in [-0.3, -0.25) is 19.2 Å². The van der Waals surface area contributed by atoms with Crippen molar-refractivity contribution in [3.05, 3.63) is 64.7 Å². The molecule has 0 fully saturated rings. The molecule has 0 atom stereocenters. The highest BCUT2D eigenvalue weighted by atomic mass is 35.5. The Kier molecular flexibility index (Phi) is 9.69. The maximum absolute atomic E-state index is 12.4. The van der Waals surface area contributed by atoms with Gasteiger partial charge in [-0.1, -0.05) is 11.6 Å². The molecule has 0 heterocycles. The summed E-state index contributed by atoms with van der Waals surface area (Å²) in [5, 5.41) is 6.06. The molecule has 4 N–H and O–H groups in total. The molecule has 170 valence electrons. The van der Waals surface area contributed by atoms with Gasteiger partial charge in [0.1, 0.15) is 0 Å². The fourth-order valence-corrected chi connectivity index (χ4v) is 3.07. The number of rotatable bonds is 11. The number of anilines is 1. The number of carbonyl (C=O) groups is 4. The van der Waals surface area contributed by atoms with Crippen LogP contribution in [0.2, 0.25) is 5.02 Å². The highest BCUT2D eigenvalue weighted by Crippen LogP contribution is 2.11. The van der Waals surface area contributed by atoms with E-state index in [-0.39, 0.29) is 37.1 Å². The molecule has 0 aliphatic rings. The van der Waals surface area contributed by atoms with E-state index in [0.29, 0.717) is 41.3 Å². The van der Waals surface area contributed by atoms with Gasteiger partial charge >= 0.3 is 0 Å². The lowest BCUT2D eigenvalue weighted by atomic mass is 10.2. The molecule has 2 aromatic rings. The summed E-state index contributed by atoms with van der Waals surface area (Å²) in [5.74, 6) is -1.07. The Hall–Kier alpha value is -3.39. The van der Waals surface area contributed by atoms with Crippen LogP contribution in [0.3, 0.4) is 0 Å². The second-order valence-electron chi connectivity index (χ2n) is 7.08. The van der Waals surface area contributed by atoms with Crippen molar-refractivity contribution in [2.24, 2.45) is 5.73 Å². The number of amides is 4. The summed E-state index contributed by atoms with van der Waals surface area (Å²) in [5.41, 5.74) is 6.60. The van der Waals surface area contributed by atoms with Gasteiger partial charge in [-0.05, 0) is 61.9 Å². The standard InChI is InChI=1S/C23H27ClN4O4/c1-2-28(15-13-20(29)27-19-11-7-16(8-12-19)22(25)31)21(30)4-3-14-26-23(32)17-5-9-18(24)10-6-17/h5-12H,2-4,13-15H2,1H3,(H2,25,31)(H,26,32)(H,27,29). The molecule has 0 aromatic heterocycles. The molecule has 0 spiro atoms. The van der Waals surface area contributed by atoms with E-state index >= 15 is 0 Å². The monoisotopic (exact) mass is 458 g/mol. The normalized spacial score (nSPS) is 10.3. The molecule has 8 nitrogen and oxygen atoms in total. The number of hydrogen-bond acceptors (Lipinski definition) is 4. The Bertz CT molecular complexity index is 945. The first-order chi connectivity index (χ1) is 15.3. The van der Waals surface area contributed by atoms with Crippen LogP contribution >= 0.6 is 11.6 Å². The van der Waals surface area contributed by atoms with Crippen LogP contribution < -0.4 is 16.4 Å². The molecule has 0 bridgehead atoms. The Morgan fingerprint density at radius 2 is 1.56 bits per heavy atom. The van der Waals surface area contributed by atoms with Gasteiger partial charge in [0.2, 0.25) is 17.7 Å². The fourth-order valence-electron chi connectivity index (χ4n) is 2.94. The molecule has 4 amide bonds. The van der Waals surface area contributed by atoms with Gasteiger partial charge in [0.25, 0.3) is 5.91 Å². The van der Waals surface area contributed by atoms with Crippen LogP contribution in [0.1, 0.15) is 46.9 Å². The summed E-state index contributed by atoms with van der Waals surface area (Å²) >= 11 is 5.81. The van der Waals surface area contributed by atoms with Crippen LogP contribution in [0.4, 0.5) is 5.69 Å². The van der Waals surface area contributed by atoms with E-state index in [2.05, 4.69) is 10.6 Å². The van der Waals surface area contributed by atoms with E-state index in [4.69, 9.17) is 17.3 Å². The third-order valence-electron chi connectivity index (χ3n) is 4.76. The first-order valence-electron chi connectivity index (χ1n) is 10.3. The van der Waals surface area contributed by atoms with Crippen LogP contribution in [0.5, 0.6) is 0 Å². The van der Waals surface area contributed by atoms with Gasteiger partial charge in [0, 0.05) is 54.3 Å². The van der Waals surface area contributed by atoms with Crippen molar-refractivity contribution in [3.63, 3.8) is 0 Å². The van der Waals surface area contributed by atoms with E-state index in [1.807, 2.05) is 6.92 Å². The Morgan fingerprint density at radius 3 is 2.16 bits per heavy atom. The lowest BCUT2D eigenvalue weighted by molar-refractivity contribution is -0.131. The van der Waals surface area contributed by atoms with Gasteiger partial charge in [0.15, 0.2) is 0 Å². The highest BCUT2D eigenvalue weighted by molar-refractivity contribution is 6.30. The van der Waals surface area contributed by atoms with Gasteiger partial charge in [0.05, 0.1) is 0 Å². The van der Waals surface area contributed by atoms with Crippen molar-refractivity contribution in [3.8, 4) is 0 Å². The summed E-state index contributed by atoms with van der Waals surface area (Å²) in [4.78, 5) is 49.3. The Morgan fingerprint density at radius 1 is 0.938 bits per heavy atom.